The minimum Gasteiger partial charge on any atom is -0.497 e. The van der Waals surface area contributed by atoms with Crippen molar-refractivity contribution in [3.63, 3.8) is 0 Å². The number of carbonyl (C=O) groups excluding carboxylic acids is 12. The molecule has 141 heavy (non-hydrogen) atoms. The van der Waals surface area contributed by atoms with E-state index >= 15 is 0 Å². The Morgan fingerprint density at radius 1 is 0.369 bits per heavy atom. The lowest BCUT2D eigenvalue weighted by atomic mass is 9.80. The highest BCUT2D eigenvalue weighted by molar-refractivity contribution is 7.22. The van der Waals surface area contributed by atoms with Crippen LogP contribution in [-0.2, 0) is 105 Å². The minimum atomic E-state index is -0.775. The van der Waals surface area contributed by atoms with E-state index in [9.17, 15) is 57.5 Å². The van der Waals surface area contributed by atoms with Gasteiger partial charge in [0.25, 0.3) is 0 Å². The van der Waals surface area contributed by atoms with Crippen molar-refractivity contribution in [2.45, 2.75) is 263 Å². The maximum atomic E-state index is 13.1. The molecule has 0 spiro atoms. The summed E-state index contributed by atoms with van der Waals surface area (Å²) < 4.78 is 95.7. The molecule has 0 N–H and O–H groups in total. The zero-order valence-electron chi connectivity index (χ0n) is 83.3. The molecule has 0 radical (unpaired) electrons. The normalized spacial score (nSPS) is 18.9. The number of methoxy groups -OCH3 is 5. The van der Waals surface area contributed by atoms with Crippen LogP contribution < -0.4 is 23.7 Å². The van der Waals surface area contributed by atoms with E-state index in [2.05, 4.69) is 32.9 Å². The molecule has 0 saturated heterocycles. The molecule has 3 heterocycles. The molecule has 31 nitrogen and oxygen atoms in total. The van der Waals surface area contributed by atoms with Crippen LogP contribution in [0, 0.1) is 35.5 Å². The fourth-order valence-electron chi connectivity index (χ4n) is 16.2. The van der Waals surface area contributed by atoms with Crippen LogP contribution in [0.5, 0.6) is 28.7 Å². The third-order valence-electron chi connectivity index (χ3n) is 24.8. The van der Waals surface area contributed by atoms with Crippen LogP contribution in [0.4, 0.5) is 4.79 Å². The van der Waals surface area contributed by atoms with Gasteiger partial charge in [-0.15, -0.1) is 22.7 Å². The number of rotatable bonds is 50. The molecule has 5 saturated carbocycles. The van der Waals surface area contributed by atoms with Gasteiger partial charge in [-0.2, -0.15) is 0 Å². The lowest BCUT2D eigenvalue weighted by molar-refractivity contribution is -0.151. The van der Waals surface area contributed by atoms with Crippen LogP contribution in [0.15, 0.2) is 146 Å². The smallest absolute Gasteiger partial charge is 0.497 e. The van der Waals surface area contributed by atoms with Gasteiger partial charge in [0.2, 0.25) is 0 Å². The highest BCUT2D eigenvalue weighted by Gasteiger charge is 2.34. The quantitative estimate of drug-likeness (QED) is 0.00854. The van der Waals surface area contributed by atoms with Crippen LogP contribution in [0.3, 0.4) is 0 Å². The Hall–Kier alpha value is -11.2. The molecule has 6 aromatic rings. The number of ether oxygens (including phenoxy) is 17. The van der Waals surface area contributed by atoms with Crippen molar-refractivity contribution in [2.24, 2.45) is 35.5 Å². The second-order valence-electron chi connectivity index (χ2n) is 34.8. The van der Waals surface area contributed by atoms with E-state index in [1.165, 1.54) is 68.4 Å². The largest absolute Gasteiger partial charge is 0.513 e. The number of Topliss-reactive ketones (excluding diaryl/α,β-unsaturated/α-hetero) is 2. The Morgan fingerprint density at radius 2 is 0.730 bits per heavy atom. The molecule has 776 valence electrons. The third-order valence-corrected chi connectivity index (χ3v) is 26.7. The first-order chi connectivity index (χ1) is 68.3. The second-order valence-corrected chi connectivity index (χ2v) is 36.7. The number of esters is 9. The van der Waals surface area contributed by atoms with Gasteiger partial charge in [-0.1, -0.05) is 65.0 Å². The monoisotopic (exact) mass is 2000 g/mol. The molecule has 33 heteroatoms. The van der Waals surface area contributed by atoms with E-state index in [0.717, 1.165) is 131 Å². The summed E-state index contributed by atoms with van der Waals surface area (Å²) in [6.07, 6.45) is 39.0. The fourth-order valence-corrected chi connectivity index (χ4v) is 18.0. The Labute approximate surface area is 837 Å². The van der Waals surface area contributed by atoms with Crippen molar-refractivity contribution >= 4 is 115 Å². The summed E-state index contributed by atoms with van der Waals surface area (Å²) in [6.45, 7) is 23.4. The lowest BCUT2D eigenvalue weighted by Crippen LogP contribution is -2.28. The zero-order chi connectivity index (χ0) is 102. The molecular formula is C108H147NO30S2. The average molecular weight is 2000 g/mol. The highest BCUT2D eigenvalue weighted by Crippen LogP contribution is 2.44. The molecule has 0 bridgehead atoms. The molecule has 0 aliphatic heterocycles. The minimum absolute atomic E-state index is 0.0139. The molecule has 11 rings (SSSR count). The van der Waals surface area contributed by atoms with Gasteiger partial charge in [-0.25, -0.2) is 38.5 Å². The number of nitrogens with zero attached hydrogens (tertiary/aromatic N) is 1. The number of benzene rings is 3. The summed E-state index contributed by atoms with van der Waals surface area (Å²) in [6, 6.07) is 20.4. The summed E-state index contributed by atoms with van der Waals surface area (Å²) in [5.41, 5.74) is 1.68. The Bertz CT molecular complexity index is 4660. The number of carbonyl (C=O) groups is 12. The Balaban J connectivity index is 0.000000268. The third kappa shape index (κ3) is 47.0. The predicted molar refractivity (Wildman–Crippen MR) is 535 cm³/mol. The van der Waals surface area contributed by atoms with E-state index in [1.54, 1.807) is 114 Å². The molecule has 3 aromatic heterocycles. The first-order valence-corrected chi connectivity index (χ1v) is 51.0. The fraction of sp³-hybridized carbons (Fsp3) is 0.565. The maximum absolute atomic E-state index is 13.1. The van der Waals surface area contributed by atoms with Gasteiger partial charge >= 0.3 is 59.9 Å². The van der Waals surface area contributed by atoms with Crippen LogP contribution in [-0.4, -0.2) is 196 Å². The number of aromatic nitrogens is 1. The molecule has 0 unspecified atom stereocenters. The summed E-state index contributed by atoms with van der Waals surface area (Å²) in [4.78, 5) is 143. The van der Waals surface area contributed by atoms with Crippen molar-refractivity contribution in [3.05, 3.63) is 147 Å². The summed E-state index contributed by atoms with van der Waals surface area (Å²) >= 11 is 2.89. The van der Waals surface area contributed by atoms with Crippen molar-refractivity contribution in [1.82, 2.24) is 4.98 Å². The van der Waals surface area contributed by atoms with Crippen molar-refractivity contribution in [2.75, 3.05) is 95.0 Å². The van der Waals surface area contributed by atoms with Gasteiger partial charge < -0.3 is 84.9 Å². The van der Waals surface area contributed by atoms with Gasteiger partial charge in [0.1, 0.15) is 44.6 Å². The number of fused-ring (bicyclic) bond motifs is 2. The van der Waals surface area contributed by atoms with E-state index in [4.69, 9.17) is 89.9 Å². The van der Waals surface area contributed by atoms with E-state index < -0.39 is 24.1 Å². The van der Waals surface area contributed by atoms with Crippen LogP contribution >= 0.6 is 22.7 Å². The van der Waals surface area contributed by atoms with Crippen LogP contribution in [0.25, 0.3) is 31.3 Å². The standard InChI is InChI=1S/C31H31NO7S2.C16H28O4.C16H28O3.C15H18O6.C15H24O5.C15H18O5/c1-16(33)18-3-7-20(8-4-18)30(35)38-23-11-12-24(39-31(36)21-9-5-19(6-10-21)17(2)34)28-27(23)32-29(41-28)25-15-26-22(37-25)13-14-40-26;1-3-16(17)20-13-7-5-4-6-12-19-15-10-8-14(18-2)9-11-15;1-3-16(17)19-13-7-5-4-6-8-14-9-11-15(18-2)12-10-14;1-3-14(16)19-10-4-5-11-20-15(17)21-13-8-6-12(18-2)7-9-13;2*1-3-14(16)19-10-4-5-11-20-15(17)12-6-8-13(18-2)9-7-12/h11-15,18-21H,3-10H2,1-2H3;3,14-15H,1,4-13H2,2H3;3,14-15H,1,4-13H2,2H3;3,6-9H,1,4-5,10-11H2,2H3;3,12-13H,1,4-11H2,2H3;3,6-9H,1,4-5,10-11H2,2H3. The number of unbranched alkanes of at least 4 members (excludes halogenated alkanes) is 9. The SMILES string of the molecule is C=CC(=O)OCCCCCCC1CCC(OC)CC1.C=CC(=O)OCCCCCCOC1CCC(OC)CC1.C=CC(=O)OCCCCOC(=O)C1CCC(OC)CC1.C=CC(=O)OCCCCOC(=O)Oc1ccc(OC)cc1.C=CC(=O)OCCCCOC(=O)c1ccc(OC)cc1.CC(=O)C1CCC(C(=O)Oc2ccc(OC(=O)C3CCC(C(C)=O)CC3)c3sc(-c4cc5sccc5o4)nc23)CC1. The van der Waals surface area contributed by atoms with Gasteiger partial charge in [0.15, 0.2) is 22.3 Å². The van der Waals surface area contributed by atoms with Crippen LogP contribution in [0.1, 0.15) is 249 Å². The number of hydrogen-bond acceptors (Lipinski definition) is 33. The Kier molecular flexibility index (Phi) is 58.5. The molecule has 5 fully saturated rings. The van der Waals surface area contributed by atoms with E-state index in [0.29, 0.717) is 203 Å². The zero-order valence-corrected chi connectivity index (χ0v) is 85.0. The van der Waals surface area contributed by atoms with Crippen molar-refractivity contribution < 1.29 is 142 Å². The molecule has 0 amide bonds. The summed E-state index contributed by atoms with van der Waals surface area (Å²) in [5, 5.41) is 2.55. The van der Waals surface area contributed by atoms with Gasteiger partial charge in [0.05, 0.1) is 120 Å². The van der Waals surface area contributed by atoms with E-state index in [1.807, 2.05) is 24.6 Å². The highest BCUT2D eigenvalue weighted by atomic mass is 32.1. The molecular weight excluding hydrogens is 1860 g/mol. The van der Waals surface area contributed by atoms with Gasteiger partial charge in [-0.05, 0) is 285 Å². The van der Waals surface area contributed by atoms with Gasteiger partial charge in [0, 0.05) is 76.2 Å². The van der Waals surface area contributed by atoms with Crippen molar-refractivity contribution in [3.8, 4) is 39.5 Å². The number of thiophene rings is 1. The molecule has 0 atom stereocenters. The Morgan fingerprint density at radius 3 is 1.17 bits per heavy atom. The summed E-state index contributed by atoms with van der Waals surface area (Å²) in [7, 11) is 8.44. The number of thiazole rings is 1. The number of hydrogen-bond donors (Lipinski definition) is 0. The lowest BCUT2D eigenvalue weighted by Gasteiger charge is -2.27. The second kappa shape index (κ2) is 69.6. The molecule has 3 aromatic carbocycles. The maximum Gasteiger partial charge on any atom is 0.513 e. The van der Waals surface area contributed by atoms with Crippen LogP contribution in [0.2, 0.25) is 0 Å². The molecule has 5 aliphatic carbocycles. The first kappa shape index (κ1) is 118. The van der Waals surface area contributed by atoms with E-state index in [-0.39, 0.29) is 96.8 Å². The molecule has 5 aliphatic rings. The average Bonchev–Trinajstić information content (AvgIpc) is 1.61. The topological polar surface area (TPSA) is 388 Å². The first-order valence-electron chi connectivity index (χ1n) is 49.3. The number of ketones is 2. The predicted octanol–water partition coefficient (Wildman–Crippen LogP) is 21.8. The summed E-state index contributed by atoms with van der Waals surface area (Å²) in [5.74, 6) is 0.607. The van der Waals surface area contributed by atoms with Gasteiger partial charge in [-0.3, -0.25) is 24.0 Å². The van der Waals surface area contributed by atoms with Crippen molar-refractivity contribution in [1.29, 1.82) is 0 Å². The number of furan rings is 1.